The minimum atomic E-state index is -0.322. The first-order valence-electron chi connectivity index (χ1n) is 9.37. The van der Waals surface area contributed by atoms with Gasteiger partial charge in [-0.15, -0.1) is 0 Å². The fourth-order valence-corrected chi connectivity index (χ4v) is 3.91. The maximum absolute atomic E-state index is 10.2. The quantitative estimate of drug-likeness (QED) is 0.440. The minimum absolute atomic E-state index is 0.0604. The molecule has 1 fully saturated rings. The summed E-state index contributed by atoms with van der Waals surface area (Å²) >= 11 is 1.87. The van der Waals surface area contributed by atoms with E-state index in [9.17, 15) is 9.59 Å². The maximum Gasteiger partial charge on any atom is 0.243 e. The number of likely N-dealkylation sites (N-methyl/N-ethyl adjacent to an activating group) is 1. The number of pyridine rings is 1. The number of methoxy groups -OCH3 is 1. The fourth-order valence-electron chi connectivity index (χ4n) is 2.82. The van der Waals surface area contributed by atoms with Crippen LogP contribution < -0.4 is 10.1 Å². The van der Waals surface area contributed by atoms with Crippen LogP contribution in [0, 0.1) is 6.92 Å². The Kier molecular flexibility index (Phi) is 9.11. The summed E-state index contributed by atoms with van der Waals surface area (Å²) < 4.78 is 7.84. The SMILES string of the molecule is C=CC(=O)NCC=O.COc1nccc2c(SN3CCN(C)CC3)c(C)ccc12. The van der Waals surface area contributed by atoms with Crippen molar-refractivity contribution in [1.82, 2.24) is 19.5 Å². The van der Waals surface area contributed by atoms with E-state index in [1.54, 1.807) is 7.11 Å². The monoisotopic (exact) mass is 416 g/mol. The highest BCUT2D eigenvalue weighted by Gasteiger charge is 2.18. The second-order valence-corrected chi connectivity index (χ2v) is 7.67. The zero-order chi connectivity index (χ0) is 21.2. The summed E-state index contributed by atoms with van der Waals surface area (Å²) in [5.74, 6) is 0.379. The molecule has 1 amide bonds. The zero-order valence-corrected chi connectivity index (χ0v) is 18.0. The van der Waals surface area contributed by atoms with Gasteiger partial charge < -0.3 is 19.7 Å². The molecule has 1 aliphatic rings. The highest BCUT2D eigenvalue weighted by Crippen LogP contribution is 2.36. The first-order valence-corrected chi connectivity index (χ1v) is 10.1. The minimum Gasteiger partial charge on any atom is -0.481 e. The van der Waals surface area contributed by atoms with Crippen molar-refractivity contribution in [2.75, 3.05) is 46.9 Å². The Bertz CT molecular complexity index is 851. The van der Waals surface area contributed by atoms with Crippen LogP contribution >= 0.6 is 11.9 Å². The average molecular weight is 417 g/mol. The molecule has 0 aliphatic carbocycles. The summed E-state index contributed by atoms with van der Waals surface area (Å²) in [6, 6.07) is 6.35. The summed E-state index contributed by atoms with van der Waals surface area (Å²) in [6.45, 7) is 9.86. The third kappa shape index (κ3) is 6.56. The number of carbonyl (C=O) groups excluding carboxylic acids is 2. The molecule has 0 radical (unpaired) electrons. The molecule has 0 atom stereocenters. The third-order valence-corrected chi connectivity index (χ3v) is 5.83. The van der Waals surface area contributed by atoms with Crippen molar-refractivity contribution in [3.8, 4) is 5.88 Å². The number of aldehydes is 1. The molecule has 1 aromatic heterocycles. The molecule has 3 rings (SSSR count). The van der Waals surface area contributed by atoms with Gasteiger partial charge in [-0.3, -0.25) is 4.79 Å². The Morgan fingerprint density at radius 2 is 2.00 bits per heavy atom. The fraction of sp³-hybridized carbons (Fsp3) is 0.381. The number of carbonyl (C=O) groups is 2. The first kappa shape index (κ1) is 22.9. The Morgan fingerprint density at radius 3 is 2.62 bits per heavy atom. The molecule has 0 spiro atoms. The molecule has 2 heterocycles. The number of amides is 1. The number of aromatic nitrogens is 1. The Labute approximate surface area is 176 Å². The highest BCUT2D eigenvalue weighted by atomic mass is 32.2. The van der Waals surface area contributed by atoms with Crippen molar-refractivity contribution < 1.29 is 14.3 Å². The normalized spacial score (nSPS) is 14.6. The van der Waals surface area contributed by atoms with Gasteiger partial charge in [0.05, 0.1) is 13.7 Å². The van der Waals surface area contributed by atoms with E-state index >= 15 is 0 Å². The van der Waals surface area contributed by atoms with Crippen LogP contribution in [-0.2, 0) is 9.59 Å². The molecular formula is C21H28N4O3S. The van der Waals surface area contributed by atoms with Gasteiger partial charge in [0.25, 0.3) is 0 Å². The van der Waals surface area contributed by atoms with Crippen molar-refractivity contribution in [3.05, 3.63) is 42.6 Å². The lowest BCUT2D eigenvalue weighted by atomic mass is 10.1. The van der Waals surface area contributed by atoms with Crippen LogP contribution in [0.25, 0.3) is 10.8 Å². The molecule has 29 heavy (non-hydrogen) atoms. The van der Waals surface area contributed by atoms with Crippen LogP contribution in [0.3, 0.4) is 0 Å². The van der Waals surface area contributed by atoms with E-state index in [1.807, 2.05) is 18.1 Å². The van der Waals surface area contributed by atoms with Crippen LogP contribution in [0.2, 0.25) is 0 Å². The van der Waals surface area contributed by atoms with Gasteiger partial charge in [-0.1, -0.05) is 12.6 Å². The van der Waals surface area contributed by atoms with Gasteiger partial charge in [0.15, 0.2) is 0 Å². The van der Waals surface area contributed by atoms with Crippen molar-refractivity contribution >= 4 is 34.9 Å². The number of hydrogen-bond acceptors (Lipinski definition) is 7. The number of ether oxygens (including phenoxy) is 1. The third-order valence-electron chi connectivity index (χ3n) is 4.48. The predicted molar refractivity (Wildman–Crippen MR) is 117 cm³/mol. The summed E-state index contributed by atoms with van der Waals surface area (Å²) in [6.07, 6.45) is 3.56. The number of aryl methyl sites for hydroxylation is 1. The van der Waals surface area contributed by atoms with Gasteiger partial charge in [0.2, 0.25) is 11.8 Å². The lowest BCUT2D eigenvalue weighted by Gasteiger charge is -2.31. The molecule has 0 saturated carbocycles. The number of fused-ring (bicyclic) bond motifs is 1. The van der Waals surface area contributed by atoms with E-state index in [-0.39, 0.29) is 12.5 Å². The zero-order valence-electron chi connectivity index (χ0n) is 17.2. The molecule has 156 valence electrons. The van der Waals surface area contributed by atoms with E-state index in [4.69, 9.17) is 4.74 Å². The molecule has 1 N–H and O–H groups in total. The Balaban J connectivity index is 0.000000321. The van der Waals surface area contributed by atoms with E-state index in [0.29, 0.717) is 12.2 Å². The predicted octanol–water partition coefficient (Wildman–Crippen LogP) is 2.29. The van der Waals surface area contributed by atoms with Gasteiger partial charge in [0.1, 0.15) is 6.29 Å². The highest BCUT2D eigenvalue weighted by molar-refractivity contribution is 7.97. The number of nitrogens with zero attached hydrogens (tertiary/aromatic N) is 3. The molecule has 2 aromatic rings. The lowest BCUT2D eigenvalue weighted by Crippen LogP contribution is -2.41. The number of hydrogen-bond donors (Lipinski definition) is 1. The second-order valence-electron chi connectivity index (χ2n) is 6.57. The largest absolute Gasteiger partial charge is 0.481 e. The average Bonchev–Trinajstić information content (AvgIpc) is 2.75. The van der Waals surface area contributed by atoms with Crippen LogP contribution in [0.1, 0.15) is 5.56 Å². The van der Waals surface area contributed by atoms with Crippen molar-refractivity contribution in [3.63, 3.8) is 0 Å². The summed E-state index contributed by atoms with van der Waals surface area (Å²) in [7, 11) is 3.86. The van der Waals surface area contributed by atoms with Gasteiger partial charge >= 0.3 is 0 Å². The van der Waals surface area contributed by atoms with Crippen molar-refractivity contribution in [2.45, 2.75) is 11.8 Å². The smallest absolute Gasteiger partial charge is 0.243 e. The van der Waals surface area contributed by atoms with Gasteiger partial charge in [0, 0.05) is 48.0 Å². The van der Waals surface area contributed by atoms with Crippen LogP contribution in [0.4, 0.5) is 0 Å². The molecular weight excluding hydrogens is 388 g/mol. The summed E-state index contributed by atoms with van der Waals surface area (Å²) in [5, 5.41) is 4.57. The first-order chi connectivity index (χ1) is 14.0. The second kappa shape index (κ2) is 11.5. The van der Waals surface area contributed by atoms with Crippen LogP contribution in [-0.4, -0.2) is 73.3 Å². The Morgan fingerprint density at radius 1 is 1.28 bits per heavy atom. The molecule has 1 saturated heterocycles. The molecule has 1 aliphatic heterocycles. The van der Waals surface area contributed by atoms with Gasteiger partial charge in [-0.2, -0.15) is 0 Å². The molecule has 0 bridgehead atoms. The number of nitrogens with one attached hydrogen (secondary N) is 1. The Hall–Kier alpha value is -2.42. The topological polar surface area (TPSA) is 74.8 Å². The summed E-state index contributed by atoms with van der Waals surface area (Å²) in [4.78, 5) is 27.8. The van der Waals surface area contributed by atoms with Crippen molar-refractivity contribution in [2.24, 2.45) is 0 Å². The van der Waals surface area contributed by atoms with Crippen LogP contribution in [0.15, 0.2) is 41.9 Å². The summed E-state index contributed by atoms with van der Waals surface area (Å²) in [5.41, 5.74) is 1.31. The van der Waals surface area contributed by atoms with Crippen LogP contribution in [0.5, 0.6) is 5.88 Å². The molecule has 1 aromatic carbocycles. The molecule has 8 heteroatoms. The van der Waals surface area contributed by atoms with Gasteiger partial charge in [-0.25, -0.2) is 9.29 Å². The number of rotatable bonds is 6. The van der Waals surface area contributed by atoms with E-state index < -0.39 is 0 Å². The standard InChI is InChI=1S/C16H21N3OS.C5H7NO2/c1-12-4-5-14-13(6-7-17-16(14)20-3)15(12)21-19-10-8-18(2)9-11-19;1-2-5(8)6-3-4-7/h4-7H,8-11H2,1-3H3;2,4H,1,3H2,(H,6,8). The van der Waals surface area contributed by atoms with E-state index in [2.05, 4.69) is 58.3 Å². The maximum atomic E-state index is 10.2. The van der Waals surface area contributed by atoms with Crippen molar-refractivity contribution in [1.29, 1.82) is 0 Å². The number of benzene rings is 1. The van der Waals surface area contributed by atoms with Gasteiger partial charge in [-0.05, 0) is 49.7 Å². The number of piperazine rings is 1. The lowest BCUT2D eigenvalue weighted by molar-refractivity contribution is -0.118. The van der Waals surface area contributed by atoms with E-state index in [0.717, 1.165) is 37.6 Å². The molecule has 0 unspecified atom stereocenters. The van der Waals surface area contributed by atoms with E-state index in [1.165, 1.54) is 15.8 Å². The molecule has 7 nitrogen and oxygen atoms in total.